The summed E-state index contributed by atoms with van der Waals surface area (Å²) in [5, 5.41) is 10.5. The van der Waals surface area contributed by atoms with Gasteiger partial charge in [-0.3, -0.25) is 14.6 Å². The van der Waals surface area contributed by atoms with Crippen LogP contribution in [0.25, 0.3) is 0 Å². The van der Waals surface area contributed by atoms with E-state index in [1.807, 2.05) is 9.80 Å². The Morgan fingerprint density at radius 1 is 0.957 bits per heavy atom. The van der Waals surface area contributed by atoms with Crippen LogP contribution in [0.4, 0.5) is 31.8 Å². The molecule has 2 aromatic rings. The molecule has 1 aliphatic carbocycles. The van der Waals surface area contributed by atoms with Crippen molar-refractivity contribution >= 4 is 34.8 Å². The molecular formula is C33H47F2N9O2. The number of nitrogens with two attached hydrogens (primary N) is 1. The maximum atomic E-state index is 15.8. The number of fused-ring (bicyclic) bond motifs is 5. The second-order valence-corrected chi connectivity index (χ2v) is 14.0. The number of piperidine rings is 3. The third kappa shape index (κ3) is 5.68. The highest BCUT2D eigenvalue weighted by Crippen LogP contribution is 2.44. The number of nitrogens with zero attached hydrogens (tertiary/aromatic N) is 6. The lowest BCUT2D eigenvalue weighted by Crippen LogP contribution is -2.56. The summed E-state index contributed by atoms with van der Waals surface area (Å²) in [5.74, 6) is 0.0184. The first-order valence-electron chi connectivity index (χ1n) is 17.3. The first-order chi connectivity index (χ1) is 22.4. The van der Waals surface area contributed by atoms with Crippen LogP contribution in [-0.4, -0.2) is 94.9 Å². The smallest absolute Gasteiger partial charge is 0.263 e. The molecule has 4 N–H and O–H groups in total. The highest BCUT2D eigenvalue weighted by atomic mass is 19.1. The maximum absolute atomic E-state index is 15.8. The van der Waals surface area contributed by atoms with Crippen molar-refractivity contribution in [2.45, 2.75) is 82.3 Å². The van der Waals surface area contributed by atoms with Crippen LogP contribution in [0.2, 0.25) is 0 Å². The number of piperazine rings is 1. The Morgan fingerprint density at radius 2 is 1.63 bits per heavy atom. The summed E-state index contributed by atoms with van der Waals surface area (Å²) < 4.78 is 32.9. The fourth-order valence-electron chi connectivity index (χ4n) is 8.71. The molecule has 4 saturated heterocycles. The van der Waals surface area contributed by atoms with E-state index in [-0.39, 0.29) is 41.1 Å². The number of hydrogen-bond acceptors (Lipinski definition) is 8. The Hall–Kier alpha value is -3.48. The molecule has 2 amide bonds. The zero-order chi connectivity index (χ0) is 31.8. The molecule has 2 atom stereocenters. The van der Waals surface area contributed by atoms with E-state index in [0.717, 1.165) is 77.2 Å². The first kappa shape index (κ1) is 31.1. The Bertz CT molecular complexity index is 1420. The lowest BCUT2D eigenvalue weighted by atomic mass is 9.78. The highest BCUT2D eigenvalue weighted by molar-refractivity contribution is 6.12. The molecule has 2 unspecified atom stereocenters. The summed E-state index contributed by atoms with van der Waals surface area (Å²) in [6, 6.07) is 0. The van der Waals surface area contributed by atoms with Crippen LogP contribution < -0.4 is 21.3 Å². The molecule has 5 fully saturated rings. The van der Waals surface area contributed by atoms with Gasteiger partial charge in [-0.25, -0.2) is 13.5 Å². The number of carbonyl (C=O) groups excluding carboxylic acids is 2. The van der Waals surface area contributed by atoms with E-state index in [1.165, 1.54) is 12.6 Å². The quantitative estimate of drug-likeness (QED) is 0.454. The van der Waals surface area contributed by atoms with Crippen LogP contribution >= 0.6 is 0 Å². The number of pyridine rings is 1. The third-order valence-electron chi connectivity index (χ3n) is 11.3. The highest BCUT2D eigenvalue weighted by Gasteiger charge is 2.47. The number of carbonyl (C=O) groups is 2. The van der Waals surface area contributed by atoms with Crippen LogP contribution in [0.15, 0.2) is 12.4 Å². The average molecular weight is 640 g/mol. The number of hydrogen-bond donors (Lipinski definition) is 3. The predicted octanol–water partition coefficient (Wildman–Crippen LogP) is 4.23. The van der Waals surface area contributed by atoms with E-state index in [4.69, 9.17) is 5.73 Å². The molecule has 46 heavy (non-hydrogen) atoms. The average Bonchev–Trinajstić information content (AvgIpc) is 3.43. The van der Waals surface area contributed by atoms with Gasteiger partial charge >= 0.3 is 0 Å². The molecule has 2 aromatic heterocycles. The second-order valence-electron chi connectivity index (χ2n) is 14.0. The summed E-state index contributed by atoms with van der Waals surface area (Å²) in [4.78, 5) is 37.5. The SMILES string of the molecule is Nc1nn2c(c1C(=O)Nc1cncc(F)c1N1CCN(C(=O)C3CN4CCC3CC4)CC1)NCC(F)C21CCCCCCCCC1. The number of alkyl halides is 1. The maximum Gasteiger partial charge on any atom is 0.263 e. The largest absolute Gasteiger partial charge is 0.381 e. The van der Waals surface area contributed by atoms with Crippen LogP contribution in [0, 0.1) is 17.7 Å². The number of halogens is 2. The minimum atomic E-state index is -1.16. The van der Waals surface area contributed by atoms with Gasteiger partial charge in [-0.1, -0.05) is 44.9 Å². The summed E-state index contributed by atoms with van der Waals surface area (Å²) in [5.41, 5.74) is 6.10. The molecule has 2 bridgehead atoms. The molecule has 7 heterocycles. The van der Waals surface area contributed by atoms with Crippen LogP contribution in [-0.2, 0) is 10.3 Å². The van der Waals surface area contributed by atoms with Crippen LogP contribution in [0.5, 0.6) is 0 Å². The Balaban J connectivity index is 1.08. The van der Waals surface area contributed by atoms with Gasteiger partial charge in [0.2, 0.25) is 5.91 Å². The van der Waals surface area contributed by atoms with Crippen molar-refractivity contribution in [3.05, 3.63) is 23.8 Å². The number of anilines is 4. The third-order valence-corrected chi connectivity index (χ3v) is 11.3. The lowest BCUT2D eigenvalue weighted by Gasteiger charge is -2.46. The summed E-state index contributed by atoms with van der Waals surface area (Å²) >= 11 is 0. The molecule has 13 heteroatoms. The molecule has 8 rings (SSSR count). The number of rotatable bonds is 4. The van der Waals surface area contributed by atoms with Crippen molar-refractivity contribution < 1.29 is 18.4 Å². The van der Waals surface area contributed by atoms with Crippen molar-refractivity contribution in [1.82, 2.24) is 24.6 Å². The van der Waals surface area contributed by atoms with Crippen molar-refractivity contribution in [3.8, 4) is 0 Å². The van der Waals surface area contributed by atoms with Crippen molar-refractivity contribution in [2.24, 2.45) is 11.8 Å². The van der Waals surface area contributed by atoms with E-state index in [2.05, 4.69) is 25.6 Å². The summed E-state index contributed by atoms with van der Waals surface area (Å²) in [7, 11) is 0. The lowest BCUT2D eigenvalue weighted by molar-refractivity contribution is -0.142. The van der Waals surface area contributed by atoms with Gasteiger partial charge in [0.25, 0.3) is 5.91 Å². The number of amides is 2. The van der Waals surface area contributed by atoms with Gasteiger partial charge in [-0.2, -0.15) is 5.10 Å². The van der Waals surface area contributed by atoms with E-state index < -0.39 is 23.4 Å². The van der Waals surface area contributed by atoms with E-state index >= 15 is 8.78 Å². The number of nitrogen functional groups attached to an aromatic ring is 1. The molecule has 11 nitrogen and oxygen atoms in total. The van der Waals surface area contributed by atoms with Crippen molar-refractivity contribution in [3.63, 3.8) is 0 Å². The van der Waals surface area contributed by atoms with Gasteiger partial charge in [0, 0.05) is 39.3 Å². The van der Waals surface area contributed by atoms with Crippen LogP contribution in [0.1, 0.15) is 81.0 Å². The normalized spacial score (nSPS) is 28.0. The molecule has 1 spiro atoms. The molecule has 250 valence electrons. The summed E-state index contributed by atoms with van der Waals surface area (Å²) in [6.45, 7) is 4.91. The van der Waals surface area contributed by atoms with Gasteiger partial charge in [0.1, 0.15) is 23.2 Å². The minimum absolute atomic E-state index is 0.0105. The predicted molar refractivity (Wildman–Crippen MR) is 173 cm³/mol. The molecule has 1 saturated carbocycles. The second kappa shape index (κ2) is 13.0. The van der Waals surface area contributed by atoms with Crippen molar-refractivity contribution in [1.29, 1.82) is 0 Å². The molecule has 5 aliphatic heterocycles. The molecule has 0 radical (unpaired) electrons. The van der Waals surface area contributed by atoms with E-state index in [1.54, 1.807) is 4.68 Å². The molecule has 6 aliphatic rings. The molecule has 0 aromatic carbocycles. The number of aromatic nitrogens is 3. The van der Waals surface area contributed by atoms with Gasteiger partial charge in [0.05, 0.1) is 29.5 Å². The van der Waals surface area contributed by atoms with Gasteiger partial charge < -0.3 is 31.1 Å². The number of nitrogens with one attached hydrogen (secondary N) is 2. The minimum Gasteiger partial charge on any atom is -0.381 e. The topological polar surface area (TPSA) is 125 Å². The van der Waals surface area contributed by atoms with Gasteiger partial charge in [-0.15, -0.1) is 0 Å². The van der Waals surface area contributed by atoms with E-state index in [9.17, 15) is 9.59 Å². The van der Waals surface area contributed by atoms with Gasteiger partial charge in [-0.05, 0) is 44.7 Å². The Morgan fingerprint density at radius 3 is 2.28 bits per heavy atom. The van der Waals surface area contributed by atoms with E-state index in [0.29, 0.717) is 50.8 Å². The Labute approximate surface area is 269 Å². The van der Waals surface area contributed by atoms with Gasteiger partial charge in [0.15, 0.2) is 11.6 Å². The first-order valence-corrected chi connectivity index (χ1v) is 17.3. The monoisotopic (exact) mass is 639 g/mol. The zero-order valence-corrected chi connectivity index (χ0v) is 26.7. The fraction of sp³-hybridized carbons (Fsp3) is 0.697. The Kier molecular flexibility index (Phi) is 8.77. The van der Waals surface area contributed by atoms with Crippen molar-refractivity contribution in [2.75, 3.05) is 73.6 Å². The standard InChI is InChI=1S/C33H47F2N9O2/c34-24-18-37-19-25(28(24)42-14-16-43(17-15-42)32(46)23-21-41-12-8-22(23)9-13-41)39-31(45)27-29(36)40-44-30(27)38-20-26(35)33(44)10-6-4-2-1-3-5-7-11-33/h18-19,22-23,26,38H,1-17,20-21H2,(H2,36,40)(H,39,45). The zero-order valence-electron chi connectivity index (χ0n) is 26.7. The van der Waals surface area contributed by atoms with Crippen LogP contribution in [0.3, 0.4) is 0 Å². The molecular weight excluding hydrogens is 592 g/mol. The fourth-order valence-corrected chi connectivity index (χ4v) is 8.71. The summed E-state index contributed by atoms with van der Waals surface area (Å²) in [6.07, 6.45) is 12.2.